The van der Waals surface area contributed by atoms with Gasteiger partial charge >= 0.3 is 5.97 Å². The van der Waals surface area contributed by atoms with Crippen LogP contribution in [0.25, 0.3) is 0 Å². The molecule has 26 heavy (non-hydrogen) atoms. The molecule has 2 rings (SSSR count). The Morgan fingerprint density at radius 1 is 1.23 bits per heavy atom. The van der Waals surface area contributed by atoms with Crippen LogP contribution in [0.1, 0.15) is 43.5 Å². The van der Waals surface area contributed by atoms with E-state index in [1.165, 1.54) is 36.0 Å². The third kappa shape index (κ3) is 5.41. The van der Waals surface area contributed by atoms with Crippen LogP contribution in [0.3, 0.4) is 0 Å². The van der Waals surface area contributed by atoms with Gasteiger partial charge in [-0.25, -0.2) is 4.79 Å². The van der Waals surface area contributed by atoms with Gasteiger partial charge in [0, 0.05) is 17.8 Å². The van der Waals surface area contributed by atoms with Crippen LogP contribution in [0, 0.1) is 0 Å². The number of carboxylic acid groups (broad SMARTS) is 1. The average molecular weight is 376 g/mol. The number of amides is 2. The summed E-state index contributed by atoms with van der Waals surface area (Å²) in [5.74, 6) is -1.66. The van der Waals surface area contributed by atoms with Gasteiger partial charge in [-0.05, 0) is 37.1 Å². The second kappa shape index (κ2) is 9.14. The summed E-state index contributed by atoms with van der Waals surface area (Å²) in [6.45, 7) is 3.97. The largest absolute Gasteiger partial charge is 0.478 e. The number of carbonyl (C=O) groups is 3. The SMILES string of the molecule is CCC(CC)=N/N=C1\NC(=O)[C@H](CC(=O)Nc2ccc(C(=O)O)cc2)S1. The molecule has 8 nitrogen and oxygen atoms in total. The number of carboxylic acids is 1. The topological polar surface area (TPSA) is 120 Å². The molecule has 1 aromatic rings. The monoisotopic (exact) mass is 376 g/mol. The summed E-state index contributed by atoms with van der Waals surface area (Å²) in [7, 11) is 0. The van der Waals surface area contributed by atoms with Crippen LogP contribution < -0.4 is 10.6 Å². The quantitative estimate of drug-likeness (QED) is 0.499. The van der Waals surface area contributed by atoms with E-state index in [-0.39, 0.29) is 23.8 Å². The van der Waals surface area contributed by atoms with Crippen LogP contribution >= 0.6 is 11.8 Å². The smallest absolute Gasteiger partial charge is 0.335 e. The lowest BCUT2D eigenvalue weighted by molar-refractivity contribution is -0.122. The molecule has 1 aliphatic heterocycles. The number of hydrogen-bond donors (Lipinski definition) is 3. The first-order valence-corrected chi connectivity index (χ1v) is 9.05. The van der Waals surface area contributed by atoms with Gasteiger partial charge < -0.3 is 15.7 Å². The maximum atomic E-state index is 12.1. The zero-order valence-electron chi connectivity index (χ0n) is 14.5. The van der Waals surface area contributed by atoms with E-state index in [1.54, 1.807) is 0 Å². The molecule has 0 aliphatic carbocycles. The lowest BCUT2D eigenvalue weighted by atomic mass is 10.2. The number of nitrogens with one attached hydrogen (secondary N) is 2. The van der Waals surface area contributed by atoms with Crippen molar-refractivity contribution in [2.45, 2.75) is 38.4 Å². The van der Waals surface area contributed by atoms with Gasteiger partial charge in [0.2, 0.25) is 11.8 Å². The summed E-state index contributed by atoms with van der Waals surface area (Å²) in [4.78, 5) is 34.9. The zero-order chi connectivity index (χ0) is 19.1. The van der Waals surface area contributed by atoms with Gasteiger partial charge in [0.15, 0.2) is 5.17 Å². The Bertz CT molecular complexity index is 753. The number of nitrogens with zero attached hydrogens (tertiary/aromatic N) is 2. The van der Waals surface area contributed by atoms with Gasteiger partial charge in [0.25, 0.3) is 0 Å². The van der Waals surface area contributed by atoms with E-state index in [0.29, 0.717) is 10.9 Å². The highest BCUT2D eigenvalue weighted by molar-refractivity contribution is 8.15. The third-order valence-corrected chi connectivity index (χ3v) is 4.73. The van der Waals surface area contributed by atoms with Crippen molar-refractivity contribution in [3.05, 3.63) is 29.8 Å². The molecule has 1 atom stereocenters. The summed E-state index contributed by atoms with van der Waals surface area (Å²) in [5, 5.41) is 22.1. The molecular formula is C17H20N4O4S. The van der Waals surface area contributed by atoms with Crippen molar-refractivity contribution in [1.82, 2.24) is 5.32 Å². The standard InChI is InChI=1S/C17H20N4O4S/c1-3-11(4-2)20-21-17-19-15(23)13(26-17)9-14(22)18-12-7-5-10(6-8-12)16(24)25/h5-8,13H,3-4,9H2,1-2H3,(H,18,22)(H,24,25)(H,19,21,23)/t13-/m0/s1. The molecule has 1 heterocycles. The van der Waals surface area contributed by atoms with Gasteiger partial charge in [0.1, 0.15) is 5.25 Å². The van der Waals surface area contributed by atoms with Crippen LogP contribution in [0.2, 0.25) is 0 Å². The summed E-state index contributed by atoms with van der Waals surface area (Å²) in [6, 6.07) is 5.80. The number of anilines is 1. The second-order valence-corrected chi connectivity index (χ2v) is 6.70. The van der Waals surface area contributed by atoms with Crippen molar-refractivity contribution in [3.63, 3.8) is 0 Å². The fourth-order valence-electron chi connectivity index (χ4n) is 2.17. The van der Waals surface area contributed by atoms with E-state index in [1.807, 2.05) is 13.8 Å². The molecule has 1 aromatic carbocycles. The van der Waals surface area contributed by atoms with Gasteiger partial charge in [-0.2, -0.15) is 5.10 Å². The summed E-state index contributed by atoms with van der Waals surface area (Å²) >= 11 is 1.17. The molecule has 0 radical (unpaired) electrons. The fraction of sp³-hybridized carbons (Fsp3) is 0.353. The molecule has 138 valence electrons. The highest BCUT2D eigenvalue weighted by atomic mass is 32.2. The maximum Gasteiger partial charge on any atom is 0.335 e. The molecule has 9 heteroatoms. The number of rotatable bonds is 7. The molecule has 0 bridgehead atoms. The molecule has 3 N–H and O–H groups in total. The van der Waals surface area contributed by atoms with Crippen molar-refractivity contribution in [2.24, 2.45) is 10.2 Å². The lowest BCUT2D eigenvalue weighted by Crippen LogP contribution is -2.28. The number of aromatic carboxylic acids is 1. The Morgan fingerprint density at radius 3 is 2.46 bits per heavy atom. The van der Waals surface area contributed by atoms with E-state index in [2.05, 4.69) is 20.8 Å². The van der Waals surface area contributed by atoms with Crippen molar-refractivity contribution in [3.8, 4) is 0 Å². The first-order chi connectivity index (χ1) is 12.4. The van der Waals surface area contributed by atoms with Gasteiger partial charge in [0.05, 0.1) is 5.56 Å². The third-order valence-electron chi connectivity index (χ3n) is 3.66. The second-order valence-electron chi connectivity index (χ2n) is 5.51. The van der Waals surface area contributed by atoms with E-state index in [0.717, 1.165) is 18.6 Å². The Balaban J connectivity index is 1.92. The molecule has 1 aliphatic rings. The highest BCUT2D eigenvalue weighted by Gasteiger charge is 2.32. The number of carbonyl (C=O) groups excluding carboxylic acids is 2. The predicted octanol–water partition coefficient (Wildman–Crippen LogP) is 2.48. The Hall–Kier alpha value is -2.68. The zero-order valence-corrected chi connectivity index (χ0v) is 15.3. The maximum absolute atomic E-state index is 12.1. The average Bonchev–Trinajstić information content (AvgIpc) is 2.95. The van der Waals surface area contributed by atoms with Crippen molar-refractivity contribution in [2.75, 3.05) is 5.32 Å². The molecule has 2 amide bonds. The molecular weight excluding hydrogens is 356 g/mol. The minimum atomic E-state index is -1.04. The molecule has 0 spiro atoms. The number of amidine groups is 1. The minimum absolute atomic E-state index is 0.0195. The van der Waals surface area contributed by atoms with E-state index in [4.69, 9.17) is 5.11 Å². The van der Waals surface area contributed by atoms with Crippen LogP contribution in [0.15, 0.2) is 34.5 Å². The molecule has 1 saturated heterocycles. The Kier molecular flexibility index (Phi) is 6.90. The molecule has 0 unspecified atom stereocenters. The molecule has 1 fully saturated rings. The van der Waals surface area contributed by atoms with Crippen LogP contribution in [-0.4, -0.2) is 39.0 Å². The number of benzene rings is 1. The first-order valence-electron chi connectivity index (χ1n) is 8.17. The minimum Gasteiger partial charge on any atom is -0.478 e. The molecule has 0 aromatic heterocycles. The van der Waals surface area contributed by atoms with Gasteiger partial charge in [-0.1, -0.05) is 25.6 Å². The van der Waals surface area contributed by atoms with Crippen molar-refractivity contribution < 1.29 is 19.5 Å². The summed E-state index contributed by atoms with van der Waals surface area (Å²) < 4.78 is 0. The van der Waals surface area contributed by atoms with Crippen LogP contribution in [0.4, 0.5) is 5.69 Å². The van der Waals surface area contributed by atoms with E-state index < -0.39 is 11.2 Å². The fourth-order valence-corrected chi connectivity index (χ4v) is 3.09. The van der Waals surface area contributed by atoms with Crippen LogP contribution in [-0.2, 0) is 9.59 Å². The first kappa shape index (κ1) is 19.6. The van der Waals surface area contributed by atoms with E-state index >= 15 is 0 Å². The van der Waals surface area contributed by atoms with Crippen molar-refractivity contribution >= 4 is 46.1 Å². The summed E-state index contributed by atoms with van der Waals surface area (Å²) in [5.41, 5.74) is 1.53. The number of hydrogen-bond acceptors (Lipinski definition) is 6. The van der Waals surface area contributed by atoms with E-state index in [9.17, 15) is 14.4 Å². The van der Waals surface area contributed by atoms with Gasteiger partial charge in [-0.3, -0.25) is 9.59 Å². The highest BCUT2D eigenvalue weighted by Crippen LogP contribution is 2.23. The van der Waals surface area contributed by atoms with Crippen molar-refractivity contribution in [1.29, 1.82) is 0 Å². The Morgan fingerprint density at radius 2 is 1.88 bits per heavy atom. The normalized spacial score (nSPS) is 17.7. The number of thioether (sulfide) groups is 1. The summed E-state index contributed by atoms with van der Waals surface area (Å²) in [6.07, 6.45) is 1.56. The molecule has 0 saturated carbocycles. The lowest BCUT2D eigenvalue weighted by Gasteiger charge is -2.07. The van der Waals surface area contributed by atoms with Gasteiger partial charge in [-0.15, -0.1) is 5.10 Å². The predicted molar refractivity (Wildman–Crippen MR) is 102 cm³/mol. The Labute approximate surface area is 155 Å². The van der Waals surface area contributed by atoms with Crippen LogP contribution in [0.5, 0.6) is 0 Å².